The summed E-state index contributed by atoms with van der Waals surface area (Å²) in [6.45, 7) is 4.20. The zero-order valence-electron chi connectivity index (χ0n) is 12.0. The van der Waals surface area contributed by atoms with Gasteiger partial charge in [-0.15, -0.1) is 0 Å². The number of benzene rings is 1. The molecule has 0 unspecified atom stereocenters. The van der Waals surface area contributed by atoms with Crippen molar-refractivity contribution in [2.45, 2.75) is 38.3 Å². The Hall–Kier alpha value is -1.57. The highest BCUT2D eigenvalue weighted by atomic mass is 16.5. The molecule has 1 heterocycles. The van der Waals surface area contributed by atoms with Gasteiger partial charge >= 0.3 is 0 Å². The van der Waals surface area contributed by atoms with Crippen LogP contribution in [0.25, 0.3) is 0 Å². The van der Waals surface area contributed by atoms with Crippen LogP contribution in [0.1, 0.15) is 31.7 Å². The van der Waals surface area contributed by atoms with Gasteiger partial charge in [-0.25, -0.2) is 0 Å². The van der Waals surface area contributed by atoms with E-state index in [1.54, 1.807) is 6.07 Å². The Balaban J connectivity index is 1.87. The molecule has 0 aliphatic carbocycles. The third-order valence-electron chi connectivity index (χ3n) is 3.86. The first-order chi connectivity index (χ1) is 9.72. The van der Waals surface area contributed by atoms with Gasteiger partial charge in [0.2, 0.25) is 0 Å². The Kier molecular flexibility index (Phi) is 5.40. The van der Waals surface area contributed by atoms with Crippen LogP contribution >= 0.6 is 0 Å². The molecule has 2 rings (SSSR count). The minimum absolute atomic E-state index is 0.235. The highest BCUT2D eigenvalue weighted by molar-refractivity contribution is 5.42. The van der Waals surface area contributed by atoms with Crippen molar-refractivity contribution in [3.05, 3.63) is 29.8 Å². The molecule has 1 aromatic carbocycles. The second-order valence-electron chi connectivity index (χ2n) is 5.30. The van der Waals surface area contributed by atoms with Crippen molar-refractivity contribution in [3.8, 4) is 11.8 Å². The van der Waals surface area contributed by atoms with E-state index in [4.69, 9.17) is 10.00 Å². The Morgan fingerprint density at radius 3 is 3.00 bits per heavy atom. The van der Waals surface area contributed by atoms with Gasteiger partial charge in [0.15, 0.2) is 0 Å². The van der Waals surface area contributed by atoms with E-state index in [0.29, 0.717) is 17.9 Å². The molecule has 1 aromatic rings. The number of likely N-dealkylation sites (tertiary alicyclic amines) is 1. The van der Waals surface area contributed by atoms with Gasteiger partial charge in [0.25, 0.3) is 0 Å². The van der Waals surface area contributed by atoms with Gasteiger partial charge in [0, 0.05) is 12.6 Å². The van der Waals surface area contributed by atoms with Crippen molar-refractivity contribution < 1.29 is 9.84 Å². The zero-order valence-corrected chi connectivity index (χ0v) is 12.0. The van der Waals surface area contributed by atoms with Gasteiger partial charge in [0.1, 0.15) is 18.4 Å². The van der Waals surface area contributed by atoms with Crippen molar-refractivity contribution >= 4 is 0 Å². The Labute approximate surface area is 120 Å². The Morgan fingerprint density at radius 1 is 1.45 bits per heavy atom. The largest absolute Gasteiger partial charge is 0.491 e. The van der Waals surface area contributed by atoms with Crippen LogP contribution in [-0.2, 0) is 0 Å². The minimum Gasteiger partial charge on any atom is -0.491 e. The second kappa shape index (κ2) is 7.28. The lowest BCUT2D eigenvalue weighted by Crippen LogP contribution is -2.47. The van der Waals surface area contributed by atoms with Crippen LogP contribution in [0, 0.1) is 11.3 Å². The first-order valence-corrected chi connectivity index (χ1v) is 7.26. The van der Waals surface area contributed by atoms with E-state index in [2.05, 4.69) is 11.0 Å². The fraction of sp³-hybridized carbons (Fsp3) is 0.562. The molecule has 0 radical (unpaired) electrons. The summed E-state index contributed by atoms with van der Waals surface area (Å²) in [5.74, 6) is 0.639. The molecule has 1 N–H and O–H groups in total. The Bertz CT molecular complexity index is 468. The maximum atomic E-state index is 9.82. The molecule has 108 valence electrons. The van der Waals surface area contributed by atoms with Crippen molar-refractivity contribution in [1.29, 1.82) is 5.26 Å². The van der Waals surface area contributed by atoms with Crippen molar-refractivity contribution in [1.82, 2.24) is 4.90 Å². The molecule has 0 spiro atoms. The second-order valence-corrected chi connectivity index (χ2v) is 5.30. The van der Waals surface area contributed by atoms with Gasteiger partial charge in [0.05, 0.1) is 11.7 Å². The summed E-state index contributed by atoms with van der Waals surface area (Å²) in [5.41, 5.74) is 0.568. The van der Waals surface area contributed by atoms with Gasteiger partial charge in [-0.3, -0.25) is 4.90 Å². The number of nitrogens with zero attached hydrogens (tertiary/aromatic N) is 2. The van der Waals surface area contributed by atoms with E-state index >= 15 is 0 Å². The third-order valence-corrected chi connectivity index (χ3v) is 3.86. The standard InChI is InChI=1S/C16H22N2O2/c1-13(19)15-7-4-5-9-18(15)10-11-20-16-8-3-2-6-14(16)12-17/h2-3,6,8,13,15,19H,4-5,7,9-11H2,1H3/t13-,15-/m0/s1. The molecule has 1 aliphatic rings. The molecule has 2 atom stereocenters. The molecule has 0 amide bonds. The van der Waals surface area contributed by atoms with Gasteiger partial charge in [-0.1, -0.05) is 18.6 Å². The van der Waals surface area contributed by atoms with Crippen molar-refractivity contribution in [3.63, 3.8) is 0 Å². The number of rotatable bonds is 5. The summed E-state index contributed by atoms with van der Waals surface area (Å²) >= 11 is 0. The number of ether oxygens (including phenoxy) is 1. The lowest BCUT2D eigenvalue weighted by atomic mass is 9.98. The minimum atomic E-state index is -0.304. The zero-order chi connectivity index (χ0) is 14.4. The van der Waals surface area contributed by atoms with E-state index in [1.807, 2.05) is 25.1 Å². The molecule has 1 fully saturated rings. The van der Waals surface area contributed by atoms with Crippen LogP contribution < -0.4 is 4.74 Å². The maximum Gasteiger partial charge on any atom is 0.137 e. The first-order valence-electron chi connectivity index (χ1n) is 7.26. The number of nitriles is 1. The molecule has 1 saturated heterocycles. The molecule has 4 heteroatoms. The monoisotopic (exact) mass is 274 g/mol. The first kappa shape index (κ1) is 14.8. The van der Waals surface area contributed by atoms with E-state index in [9.17, 15) is 5.11 Å². The molecule has 0 bridgehead atoms. The van der Waals surface area contributed by atoms with E-state index in [-0.39, 0.29) is 12.1 Å². The predicted molar refractivity (Wildman–Crippen MR) is 77.5 cm³/mol. The topological polar surface area (TPSA) is 56.5 Å². The maximum absolute atomic E-state index is 9.82. The number of hydrogen-bond donors (Lipinski definition) is 1. The quantitative estimate of drug-likeness (QED) is 0.894. The molecular formula is C16H22N2O2. The predicted octanol–water partition coefficient (Wildman–Crippen LogP) is 2.17. The lowest BCUT2D eigenvalue weighted by Gasteiger charge is -2.37. The average molecular weight is 274 g/mol. The normalized spacial score (nSPS) is 21.1. The number of piperidine rings is 1. The highest BCUT2D eigenvalue weighted by Crippen LogP contribution is 2.20. The molecule has 20 heavy (non-hydrogen) atoms. The van der Waals surface area contributed by atoms with Gasteiger partial charge in [-0.05, 0) is 38.4 Å². The third kappa shape index (κ3) is 3.72. The molecule has 4 nitrogen and oxygen atoms in total. The van der Waals surface area contributed by atoms with Crippen LogP contribution in [0.5, 0.6) is 5.75 Å². The molecular weight excluding hydrogens is 252 g/mol. The van der Waals surface area contributed by atoms with Gasteiger partial charge < -0.3 is 9.84 Å². The van der Waals surface area contributed by atoms with Crippen molar-refractivity contribution in [2.24, 2.45) is 0 Å². The van der Waals surface area contributed by atoms with Crippen LogP contribution in [-0.4, -0.2) is 41.8 Å². The summed E-state index contributed by atoms with van der Waals surface area (Å²) < 4.78 is 5.71. The number of aliphatic hydroxyl groups is 1. The highest BCUT2D eigenvalue weighted by Gasteiger charge is 2.25. The van der Waals surface area contributed by atoms with Crippen LogP contribution in [0.2, 0.25) is 0 Å². The van der Waals surface area contributed by atoms with Gasteiger partial charge in [-0.2, -0.15) is 5.26 Å². The van der Waals surface area contributed by atoms with Crippen LogP contribution in [0.3, 0.4) is 0 Å². The van der Waals surface area contributed by atoms with E-state index < -0.39 is 0 Å². The average Bonchev–Trinajstić information content (AvgIpc) is 2.48. The fourth-order valence-electron chi connectivity index (χ4n) is 2.80. The number of aliphatic hydroxyl groups excluding tert-OH is 1. The lowest BCUT2D eigenvalue weighted by molar-refractivity contribution is 0.0293. The van der Waals surface area contributed by atoms with Crippen LogP contribution in [0.15, 0.2) is 24.3 Å². The van der Waals surface area contributed by atoms with Crippen molar-refractivity contribution in [2.75, 3.05) is 19.7 Å². The Morgan fingerprint density at radius 2 is 2.25 bits per heavy atom. The number of para-hydroxylation sites is 1. The summed E-state index contributed by atoms with van der Waals surface area (Å²) in [7, 11) is 0. The molecule has 0 saturated carbocycles. The van der Waals surface area contributed by atoms with E-state index in [0.717, 1.165) is 19.5 Å². The smallest absolute Gasteiger partial charge is 0.137 e. The summed E-state index contributed by atoms with van der Waals surface area (Å²) in [6, 6.07) is 9.65. The SMILES string of the molecule is C[C@H](O)[C@@H]1CCCCN1CCOc1ccccc1C#N. The summed E-state index contributed by atoms with van der Waals surface area (Å²) in [4.78, 5) is 2.29. The number of hydrogen-bond acceptors (Lipinski definition) is 4. The molecule has 0 aromatic heterocycles. The molecule has 1 aliphatic heterocycles. The van der Waals surface area contributed by atoms with Crippen LogP contribution in [0.4, 0.5) is 0 Å². The summed E-state index contributed by atoms with van der Waals surface area (Å²) in [5, 5.41) is 18.8. The van der Waals surface area contributed by atoms with E-state index in [1.165, 1.54) is 12.8 Å². The fourth-order valence-corrected chi connectivity index (χ4v) is 2.80. The summed E-state index contributed by atoms with van der Waals surface area (Å²) in [6.07, 6.45) is 3.11.